The fourth-order valence-electron chi connectivity index (χ4n) is 2.06. The van der Waals surface area contributed by atoms with Gasteiger partial charge in [0.2, 0.25) is 0 Å². The largest absolute Gasteiger partial charge is 0.471 e. The Balaban J connectivity index is 2.08. The van der Waals surface area contributed by atoms with Gasteiger partial charge in [-0.15, -0.1) is 0 Å². The highest BCUT2D eigenvalue weighted by atomic mass is 127. The first kappa shape index (κ1) is 21.5. The van der Waals surface area contributed by atoms with Gasteiger partial charge in [-0.05, 0) is 50.9 Å². The van der Waals surface area contributed by atoms with Crippen LogP contribution < -0.4 is 9.46 Å². The average molecular weight is 508 g/mol. The lowest BCUT2D eigenvalue weighted by molar-refractivity contribution is -0.141. The number of halogens is 1. The number of nitrogens with zero attached hydrogens (tertiary/aromatic N) is 1. The Hall–Kier alpha value is -1.82. The second-order valence-electron chi connectivity index (χ2n) is 6.70. The number of hydrogen-bond acceptors (Lipinski definition) is 7. The summed E-state index contributed by atoms with van der Waals surface area (Å²) in [5.41, 5.74) is 0.952. The molecule has 0 fully saturated rings. The van der Waals surface area contributed by atoms with Crippen molar-refractivity contribution in [2.75, 3.05) is 17.9 Å². The van der Waals surface area contributed by atoms with E-state index in [-0.39, 0.29) is 35.3 Å². The number of carbonyl (C=O) groups is 1. The van der Waals surface area contributed by atoms with E-state index in [2.05, 4.69) is 30.6 Å². The van der Waals surface area contributed by atoms with Crippen molar-refractivity contribution in [3.05, 3.63) is 33.4 Å². The number of carbonyl (C=O) groups excluding carboxylic acids is 1. The maximum atomic E-state index is 12.6. The summed E-state index contributed by atoms with van der Waals surface area (Å²) in [6.45, 7) is 7.57. The van der Waals surface area contributed by atoms with Gasteiger partial charge in [-0.1, -0.05) is 32.9 Å². The first-order valence-corrected chi connectivity index (χ1v) is 10.6. The zero-order valence-electron chi connectivity index (χ0n) is 15.4. The molecule has 1 heterocycles. The van der Waals surface area contributed by atoms with Gasteiger partial charge in [0, 0.05) is 6.92 Å². The number of ether oxygens (including phenoxy) is 2. The molecule has 0 aliphatic carbocycles. The summed E-state index contributed by atoms with van der Waals surface area (Å²) in [6.07, 6.45) is 0. The third-order valence-electron chi connectivity index (χ3n) is 3.49. The molecule has 0 spiro atoms. The van der Waals surface area contributed by atoms with Crippen molar-refractivity contribution in [3.63, 3.8) is 0 Å². The number of anilines is 1. The molecular weight excluding hydrogens is 487 g/mol. The smallest absolute Gasteiger partial charge is 0.302 e. The van der Waals surface area contributed by atoms with Crippen LogP contribution in [-0.4, -0.2) is 32.8 Å². The van der Waals surface area contributed by atoms with Crippen LogP contribution >= 0.6 is 22.6 Å². The molecule has 1 aromatic heterocycles. The van der Waals surface area contributed by atoms with Crippen molar-refractivity contribution in [1.29, 1.82) is 0 Å². The van der Waals surface area contributed by atoms with Crippen LogP contribution in [0.25, 0.3) is 0 Å². The lowest BCUT2D eigenvalue weighted by Gasteiger charge is -2.19. The number of hydrogen-bond donors (Lipinski definition) is 1. The van der Waals surface area contributed by atoms with E-state index in [0.29, 0.717) is 3.57 Å². The molecule has 0 aliphatic rings. The van der Waals surface area contributed by atoms with E-state index in [1.54, 1.807) is 24.3 Å². The van der Waals surface area contributed by atoms with Crippen LogP contribution in [0, 0.1) is 3.57 Å². The van der Waals surface area contributed by atoms with Crippen LogP contribution in [0.5, 0.6) is 5.88 Å². The van der Waals surface area contributed by atoms with Crippen LogP contribution in [-0.2, 0) is 25.0 Å². The van der Waals surface area contributed by atoms with E-state index < -0.39 is 16.0 Å². The second-order valence-corrected chi connectivity index (χ2v) is 9.46. The first-order chi connectivity index (χ1) is 12.5. The SMILES string of the molecule is CC(=O)OCCOc1noc(NS(=O)(=O)c2ccc(C(C)(C)C)cc2)c1I. The van der Waals surface area contributed by atoms with Crippen LogP contribution in [0.15, 0.2) is 33.7 Å². The Bertz CT molecular complexity index is 900. The molecule has 0 saturated carbocycles. The van der Waals surface area contributed by atoms with Crippen molar-refractivity contribution in [3.8, 4) is 5.88 Å². The van der Waals surface area contributed by atoms with Gasteiger partial charge in [-0.2, -0.15) is 0 Å². The highest BCUT2D eigenvalue weighted by Crippen LogP contribution is 2.30. The van der Waals surface area contributed by atoms with Gasteiger partial charge in [-0.3, -0.25) is 4.79 Å². The Labute approximate surface area is 171 Å². The molecule has 0 amide bonds. The lowest BCUT2D eigenvalue weighted by atomic mass is 9.87. The fraction of sp³-hybridized carbons (Fsp3) is 0.412. The summed E-state index contributed by atoms with van der Waals surface area (Å²) in [7, 11) is -3.83. The summed E-state index contributed by atoms with van der Waals surface area (Å²) in [6, 6.07) is 6.65. The number of esters is 1. The minimum atomic E-state index is -3.83. The predicted molar refractivity (Wildman–Crippen MR) is 107 cm³/mol. The summed E-state index contributed by atoms with van der Waals surface area (Å²) < 4.78 is 42.9. The second kappa shape index (κ2) is 8.46. The molecule has 0 aliphatic heterocycles. The third-order valence-corrected chi connectivity index (χ3v) is 5.79. The Morgan fingerprint density at radius 1 is 1.22 bits per heavy atom. The van der Waals surface area contributed by atoms with Crippen LogP contribution in [0.4, 0.5) is 5.88 Å². The number of aromatic nitrogens is 1. The summed E-state index contributed by atoms with van der Waals surface area (Å²) in [4.78, 5) is 10.8. The Morgan fingerprint density at radius 2 is 1.85 bits per heavy atom. The quantitative estimate of drug-likeness (QED) is 0.347. The minimum Gasteiger partial charge on any atom is -0.471 e. The van der Waals surface area contributed by atoms with Gasteiger partial charge >= 0.3 is 5.97 Å². The van der Waals surface area contributed by atoms with E-state index in [1.165, 1.54) is 6.92 Å². The minimum absolute atomic E-state index is 0.0435. The first-order valence-electron chi connectivity index (χ1n) is 8.05. The van der Waals surface area contributed by atoms with E-state index in [9.17, 15) is 13.2 Å². The van der Waals surface area contributed by atoms with Gasteiger partial charge in [0.1, 0.15) is 16.8 Å². The molecule has 0 atom stereocenters. The monoisotopic (exact) mass is 508 g/mol. The zero-order valence-corrected chi connectivity index (χ0v) is 18.4. The molecule has 0 saturated heterocycles. The lowest BCUT2D eigenvalue weighted by Crippen LogP contribution is -2.15. The predicted octanol–water partition coefficient (Wildman–Crippen LogP) is 3.32. The molecule has 2 aromatic rings. The molecule has 1 aromatic carbocycles. The molecule has 2 rings (SSSR count). The van der Waals surface area contributed by atoms with Gasteiger partial charge in [0.05, 0.1) is 4.90 Å². The Kier molecular flexibility index (Phi) is 6.73. The van der Waals surface area contributed by atoms with E-state index in [1.807, 2.05) is 22.6 Å². The Morgan fingerprint density at radius 3 is 2.41 bits per heavy atom. The number of rotatable bonds is 7. The molecule has 0 unspecified atom stereocenters. The fourth-order valence-corrected chi connectivity index (χ4v) is 3.72. The van der Waals surface area contributed by atoms with Crippen molar-refractivity contribution < 1.29 is 27.2 Å². The number of nitrogens with one attached hydrogen (secondary N) is 1. The van der Waals surface area contributed by atoms with Gasteiger partial charge < -0.3 is 14.0 Å². The average Bonchev–Trinajstić information content (AvgIpc) is 2.90. The van der Waals surface area contributed by atoms with Crippen LogP contribution in [0.2, 0.25) is 0 Å². The van der Waals surface area contributed by atoms with Gasteiger partial charge in [-0.25, -0.2) is 13.1 Å². The summed E-state index contributed by atoms with van der Waals surface area (Å²) >= 11 is 1.86. The molecule has 1 N–H and O–H groups in total. The third kappa shape index (κ3) is 5.83. The van der Waals surface area contributed by atoms with E-state index in [0.717, 1.165) is 5.56 Å². The van der Waals surface area contributed by atoms with Crippen molar-refractivity contribution in [1.82, 2.24) is 5.16 Å². The van der Waals surface area contributed by atoms with Crippen molar-refractivity contribution in [2.45, 2.75) is 38.0 Å². The normalized spacial score (nSPS) is 11.9. The topological polar surface area (TPSA) is 108 Å². The molecule has 0 bridgehead atoms. The van der Waals surface area contributed by atoms with Gasteiger partial charge in [0.25, 0.3) is 21.8 Å². The highest BCUT2D eigenvalue weighted by molar-refractivity contribution is 14.1. The number of sulfonamides is 1. The van der Waals surface area contributed by atoms with E-state index in [4.69, 9.17) is 14.0 Å². The van der Waals surface area contributed by atoms with Crippen molar-refractivity contribution in [2.24, 2.45) is 0 Å². The maximum Gasteiger partial charge on any atom is 0.302 e. The number of benzene rings is 1. The molecule has 0 radical (unpaired) electrons. The molecule has 148 valence electrons. The van der Waals surface area contributed by atoms with Crippen LogP contribution in [0.1, 0.15) is 33.3 Å². The highest BCUT2D eigenvalue weighted by Gasteiger charge is 2.23. The van der Waals surface area contributed by atoms with Crippen molar-refractivity contribution >= 4 is 44.5 Å². The van der Waals surface area contributed by atoms with Crippen LogP contribution in [0.3, 0.4) is 0 Å². The molecule has 8 nitrogen and oxygen atoms in total. The standard InChI is InChI=1S/C17H21IN2O6S/c1-11(21)24-9-10-25-15-14(18)16(26-19-15)20-27(22,23)13-7-5-12(6-8-13)17(2,3)4/h5-8,20H,9-10H2,1-4H3. The molecular formula is C17H21IN2O6S. The maximum absolute atomic E-state index is 12.6. The summed E-state index contributed by atoms with van der Waals surface area (Å²) in [5, 5.41) is 3.68. The summed E-state index contributed by atoms with van der Waals surface area (Å²) in [5.74, 6) is -0.346. The van der Waals surface area contributed by atoms with Gasteiger partial charge in [0.15, 0.2) is 0 Å². The van der Waals surface area contributed by atoms with E-state index >= 15 is 0 Å². The molecule has 10 heteroatoms. The molecule has 27 heavy (non-hydrogen) atoms. The zero-order chi connectivity index (χ0) is 20.2.